The van der Waals surface area contributed by atoms with E-state index in [2.05, 4.69) is 11.8 Å². The maximum Gasteiger partial charge on any atom is 0.310 e. The van der Waals surface area contributed by atoms with Crippen LogP contribution in [0.4, 0.5) is 0 Å². The third kappa shape index (κ3) is 3.94. The van der Waals surface area contributed by atoms with Crippen molar-refractivity contribution in [1.82, 2.24) is 0 Å². The standard InChI is InChI=1S/C24H22O4/c25-23-21-11-5-6-12-22(21)24(26)28-16-20-10-4-2-8-18(20)14-13-17-7-1-3-9-19(17)15-27-23/h1-4,7-10,21-22H,5-6,11-12,15-16H2. The largest absolute Gasteiger partial charge is 0.461 e. The fourth-order valence-electron chi connectivity index (χ4n) is 3.88. The van der Waals surface area contributed by atoms with Crippen molar-refractivity contribution in [1.29, 1.82) is 0 Å². The van der Waals surface area contributed by atoms with Gasteiger partial charge in [0, 0.05) is 22.3 Å². The van der Waals surface area contributed by atoms with Crippen LogP contribution in [0.1, 0.15) is 47.9 Å². The number of carbonyl (C=O) groups excluding carboxylic acids is 2. The summed E-state index contributed by atoms with van der Waals surface area (Å²) >= 11 is 0. The van der Waals surface area contributed by atoms with Gasteiger partial charge in [0.15, 0.2) is 0 Å². The number of benzene rings is 2. The summed E-state index contributed by atoms with van der Waals surface area (Å²) in [5, 5.41) is 0. The highest BCUT2D eigenvalue weighted by atomic mass is 16.5. The third-order valence-corrected chi connectivity index (χ3v) is 5.48. The van der Waals surface area contributed by atoms with Crippen LogP contribution in [0.25, 0.3) is 0 Å². The lowest BCUT2D eigenvalue weighted by Crippen LogP contribution is -2.35. The maximum absolute atomic E-state index is 12.7. The molecule has 4 nitrogen and oxygen atoms in total. The molecule has 0 radical (unpaired) electrons. The van der Waals surface area contributed by atoms with Gasteiger partial charge < -0.3 is 9.47 Å². The first kappa shape index (κ1) is 18.3. The summed E-state index contributed by atoms with van der Waals surface area (Å²) in [7, 11) is 0. The van der Waals surface area contributed by atoms with Crippen LogP contribution in [0.2, 0.25) is 0 Å². The molecule has 4 heteroatoms. The van der Waals surface area contributed by atoms with Crippen molar-refractivity contribution in [2.45, 2.75) is 38.9 Å². The first-order valence-corrected chi connectivity index (χ1v) is 9.73. The number of hydrogen-bond donors (Lipinski definition) is 0. The summed E-state index contributed by atoms with van der Waals surface area (Å²) in [5.74, 6) is 4.85. The Hall–Kier alpha value is -3.06. The van der Waals surface area contributed by atoms with E-state index in [4.69, 9.17) is 9.47 Å². The summed E-state index contributed by atoms with van der Waals surface area (Å²) in [6.45, 7) is 0.313. The number of carbonyl (C=O) groups is 2. The molecule has 2 aliphatic rings. The molecule has 1 fully saturated rings. The first-order valence-electron chi connectivity index (χ1n) is 9.73. The Morgan fingerprint density at radius 3 is 1.57 bits per heavy atom. The second kappa shape index (κ2) is 8.31. The van der Waals surface area contributed by atoms with Gasteiger partial charge >= 0.3 is 11.9 Å². The van der Waals surface area contributed by atoms with Crippen LogP contribution >= 0.6 is 0 Å². The van der Waals surface area contributed by atoms with Crippen LogP contribution in [0.3, 0.4) is 0 Å². The molecule has 2 aromatic rings. The predicted octanol–water partition coefficient (Wildman–Crippen LogP) is 3.99. The smallest absolute Gasteiger partial charge is 0.310 e. The Balaban J connectivity index is 1.73. The second-order valence-corrected chi connectivity index (χ2v) is 7.28. The Labute approximate surface area is 164 Å². The lowest BCUT2D eigenvalue weighted by molar-refractivity contribution is -0.164. The van der Waals surface area contributed by atoms with E-state index in [0.717, 1.165) is 35.1 Å². The summed E-state index contributed by atoms with van der Waals surface area (Å²) in [6, 6.07) is 15.3. The molecule has 0 amide bonds. The number of fused-ring (bicyclic) bond motifs is 3. The molecule has 0 aromatic heterocycles. The van der Waals surface area contributed by atoms with Gasteiger partial charge in [-0.25, -0.2) is 0 Å². The highest BCUT2D eigenvalue weighted by molar-refractivity contribution is 5.82. The molecule has 28 heavy (non-hydrogen) atoms. The van der Waals surface area contributed by atoms with Crippen LogP contribution in [0.5, 0.6) is 0 Å². The molecule has 0 spiro atoms. The number of rotatable bonds is 0. The zero-order valence-electron chi connectivity index (χ0n) is 15.6. The first-order chi connectivity index (χ1) is 13.7. The van der Waals surface area contributed by atoms with Crippen LogP contribution < -0.4 is 0 Å². The fourth-order valence-corrected chi connectivity index (χ4v) is 3.88. The van der Waals surface area contributed by atoms with E-state index in [0.29, 0.717) is 12.8 Å². The molecule has 1 saturated carbocycles. The minimum absolute atomic E-state index is 0.156. The van der Waals surface area contributed by atoms with Crippen molar-refractivity contribution in [3.8, 4) is 11.8 Å². The summed E-state index contributed by atoms with van der Waals surface area (Å²) in [6.07, 6.45) is 3.18. The topological polar surface area (TPSA) is 52.6 Å². The summed E-state index contributed by atoms with van der Waals surface area (Å²) in [5.41, 5.74) is 3.40. The third-order valence-electron chi connectivity index (χ3n) is 5.48. The Bertz CT molecular complexity index is 875. The van der Waals surface area contributed by atoms with E-state index >= 15 is 0 Å². The van der Waals surface area contributed by atoms with Crippen molar-refractivity contribution in [2.24, 2.45) is 11.8 Å². The number of cyclic esters (lactones) is 2. The van der Waals surface area contributed by atoms with Crippen LogP contribution in [-0.2, 0) is 32.3 Å². The molecule has 2 atom stereocenters. The predicted molar refractivity (Wildman–Crippen MR) is 104 cm³/mol. The molecular formula is C24H22O4. The molecule has 0 saturated heterocycles. The molecule has 1 aliphatic heterocycles. The van der Waals surface area contributed by atoms with E-state index in [1.54, 1.807) is 0 Å². The van der Waals surface area contributed by atoms with E-state index in [1.165, 1.54) is 0 Å². The molecule has 2 unspecified atom stereocenters. The molecular weight excluding hydrogens is 352 g/mol. The minimum Gasteiger partial charge on any atom is -0.461 e. The van der Waals surface area contributed by atoms with Crippen LogP contribution in [0, 0.1) is 23.7 Å². The lowest BCUT2D eigenvalue weighted by atomic mass is 9.79. The highest BCUT2D eigenvalue weighted by Crippen LogP contribution is 2.32. The molecule has 4 rings (SSSR count). The van der Waals surface area contributed by atoms with Crippen molar-refractivity contribution < 1.29 is 19.1 Å². The van der Waals surface area contributed by atoms with Crippen molar-refractivity contribution in [3.05, 3.63) is 70.8 Å². The van der Waals surface area contributed by atoms with E-state index in [1.807, 2.05) is 48.5 Å². The molecule has 2 aromatic carbocycles. The quantitative estimate of drug-likeness (QED) is 0.517. The van der Waals surface area contributed by atoms with Crippen molar-refractivity contribution >= 4 is 11.9 Å². The van der Waals surface area contributed by atoms with E-state index < -0.39 is 11.8 Å². The van der Waals surface area contributed by atoms with Crippen molar-refractivity contribution in [2.75, 3.05) is 0 Å². The Kier molecular flexibility index (Phi) is 5.43. The number of hydrogen-bond acceptors (Lipinski definition) is 4. The monoisotopic (exact) mass is 374 g/mol. The minimum atomic E-state index is -0.433. The van der Waals surface area contributed by atoms with Gasteiger partial charge in [-0.3, -0.25) is 9.59 Å². The van der Waals surface area contributed by atoms with Gasteiger partial charge in [0.25, 0.3) is 0 Å². The molecule has 0 bridgehead atoms. The van der Waals surface area contributed by atoms with E-state index in [9.17, 15) is 9.59 Å². The van der Waals surface area contributed by atoms with Gasteiger partial charge in [0.2, 0.25) is 0 Å². The molecule has 0 N–H and O–H groups in total. The van der Waals surface area contributed by atoms with Gasteiger partial charge in [0.05, 0.1) is 11.8 Å². The number of ether oxygens (including phenoxy) is 2. The summed E-state index contributed by atoms with van der Waals surface area (Å²) in [4.78, 5) is 25.4. The van der Waals surface area contributed by atoms with Gasteiger partial charge in [0.1, 0.15) is 13.2 Å². The maximum atomic E-state index is 12.7. The highest BCUT2D eigenvalue weighted by Gasteiger charge is 2.38. The summed E-state index contributed by atoms with van der Waals surface area (Å²) < 4.78 is 11.2. The van der Waals surface area contributed by atoms with Gasteiger partial charge in [-0.15, -0.1) is 0 Å². The fraction of sp³-hybridized carbons (Fsp3) is 0.333. The van der Waals surface area contributed by atoms with Crippen LogP contribution in [-0.4, -0.2) is 11.9 Å². The second-order valence-electron chi connectivity index (χ2n) is 7.28. The normalized spacial score (nSPS) is 22.1. The molecule has 142 valence electrons. The zero-order valence-corrected chi connectivity index (χ0v) is 15.6. The average Bonchev–Trinajstić information content (AvgIpc) is 2.75. The average molecular weight is 374 g/mol. The lowest BCUT2D eigenvalue weighted by Gasteiger charge is -2.28. The van der Waals surface area contributed by atoms with Crippen molar-refractivity contribution in [3.63, 3.8) is 0 Å². The van der Waals surface area contributed by atoms with Crippen LogP contribution in [0.15, 0.2) is 48.5 Å². The molecule has 1 aliphatic carbocycles. The Morgan fingerprint density at radius 2 is 1.11 bits per heavy atom. The molecule has 1 heterocycles. The Morgan fingerprint density at radius 1 is 0.679 bits per heavy atom. The van der Waals surface area contributed by atoms with E-state index in [-0.39, 0.29) is 25.2 Å². The number of esters is 2. The van der Waals surface area contributed by atoms with Gasteiger partial charge in [-0.05, 0) is 25.0 Å². The zero-order chi connectivity index (χ0) is 19.3. The van der Waals surface area contributed by atoms with Gasteiger partial charge in [-0.2, -0.15) is 0 Å². The van der Waals surface area contributed by atoms with Gasteiger partial charge in [-0.1, -0.05) is 61.1 Å². The SMILES string of the molecule is O=C1OCc2ccccc2C#Cc2ccccc2COC(=O)C2CCCCC12.